The van der Waals surface area contributed by atoms with Gasteiger partial charge in [-0.1, -0.05) is 10.2 Å². The van der Waals surface area contributed by atoms with Gasteiger partial charge in [0.15, 0.2) is 0 Å². The lowest BCUT2D eigenvalue weighted by atomic mass is 10.3. The number of nitrogens with one attached hydrogen (secondary N) is 2. The number of aliphatic hydroxyl groups excluding tert-OH is 1. The van der Waals surface area contributed by atoms with Gasteiger partial charge in [-0.2, -0.15) is 0 Å². The minimum absolute atomic E-state index is 0. The number of nitrogens with zero attached hydrogens (tertiary/aromatic N) is 8. The molecule has 0 radical (unpaired) electrons. The Labute approximate surface area is 383 Å². The van der Waals surface area contributed by atoms with Gasteiger partial charge in [-0.05, 0) is 89.1 Å². The first-order valence-electron chi connectivity index (χ1n) is 19.7. The van der Waals surface area contributed by atoms with Crippen molar-refractivity contribution >= 4 is 52.3 Å². The maximum absolute atomic E-state index is 7.57. The molecular formula is C39H73Cl2N11O8Si2. The van der Waals surface area contributed by atoms with E-state index in [4.69, 9.17) is 31.7 Å². The van der Waals surface area contributed by atoms with Gasteiger partial charge in [-0.3, -0.25) is 0 Å². The summed E-state index contributed by atoms with van der Waals surface area (Å²) in [6, 6.07) is 17.4. The van der Waals surface area contributed by atoms with Gasteiger partial charge in [0.2, 0.25) is 0 Å². The van der Waals surface area contributed by atoms with Crippen LogP contribution >= 0.6 is 0 Å². The molecule has 62 heavy (non-hydrogen) atoms. The second kappa shape index (κ2) is 34.8. The fourth-order valence-corrected chi connectivity index (χ4v) is 9.91. The lowest BCUT2D eigenvalue weighted by Crippen LogP contribution is -3.00. The van der Waals surface area contributed by atoms with E-state index in [1.807, 2.05) is 141 Å². The van der Waals surface area contributed by atoms with Gasteiger partial charge in [0, 0.05) is 94.5 Å². The van der Waals surface area contributed by atoms with Crippen molar-refractivity contribution in [3.05, 3.63) is 73.3 Å². The van der Waals surface area contributed by atoms with E-state index in [0.29, 0.717) is 19.8 Å². The van der Waals surface area contributed by atoms with Crippen LogP contribution in [-0.2, 0) is 54.7 Å². The Morgan fingerprint density at radius 3 is 1.19 bits per heavy atom. The van der Waals surface area contributed by atoms with Gasteiger partial charge in [-0.15, -0.1) is 0 Å². The average molecular weight is 951 g/mol. The number of rotatable bonds is 23. The summed E-state index contributed by atoms with van der Waals surface area (Å²) in [4.78, 5) is 0. The highest BCUT2D eigenvalue weighted by Gasteiger charge is 2.39. The Morgan fingerprint density at radius 2 is 0.919 bits per heavy atom. The van der Waals surface area contributed by atoms with E-state index in [2.05, 4.69) is 31.1 Å². The van der Waals surface area contributed by atoms with E-state index in [1.165, 1.54) is 0 Å². The number of hydrogen-bond donors (Lipinski definition) is 4. The van der Waals surface area contributed by atoms with Crippen molar-refractivity contribution in [3.8, 4) is 0 Å². The number of aliphatic hydroxyl groups is 1. The fourth-order valence-electron chi connectivity index (χ4n) is 5.58. The van der Waals surface area contributed by atoms with E-state index in [0.717, 1.165) is 72.7 Å². The Hall–Kier alpha value is -3.69. The highest BCUT2D eigenvalue weighted by Crippen LogP contribution is 2.22. The summed E-state index contributed by atoms with van der Waals surface area (Å²) in [7, 11) is 7.63. The van der Waals surface area contributed by atoms with Crippen molar-refractivity contribution in [2.45, 2.75) is 52.6 Å². The smallest absolute Gasteiger partial charge is 0.500 e. The zero-order valence-corrected chi connectivity index (χ0v) is 41.9. The quantitative estimate of drug-likeness (QED) is 0.0346. The summed E-state index contributed by atoms with van der Waals surface area (Å²) in [5.41, 5.74) is 3.70. The summed E-state index contributed by atoms with van der Waals surface area (Å²) in [6.45, 7) is 11.3. The van der Waals surface area contributed by atoms with E-state index in [-0.39, 0.29) is 43.0 Å². The van der Waals surface area contributed by atoms with Crippen LogP contribution in [0, 0.1) is 0 Å². The molecule has 0 fully saturated rings. The molecule has 0 aliphatic rings. The number of anilines is 2. The molecule has 19 nitrogen and oxygen atoms in total. The van der Waals surface area contributed by atoms with Crippen molar-refractivity contribution in [2.75, 3.05) is 71.5 Å². The van der Waals surface area contributed by atoms with Gasteiger partial charge in [0.05, 0.1) is 53.0 Å². The summed E-state index contributed by atoms with van der Waals surface area (Å²) in [6.07, 6.45) is 9.58. The topological polar surface area (TPSA) is 233 Å². The van der Waals surface area contributed by atoms with Gasteiger partial charge in [0.25, 0.3) is 0 Å². The molecule has 0 saturated heterocycles. The average Bonchev–Trinajstić information content (AvgIpc) is 3.73. The number of aromatic nitrogens is 4. The Bertz CT molecular complexity index is 1710. The SMILES string of the molecule is CCO.CCO[Si](CCCNc1ccc(N=Nc2n(C)cc[n+]2C)cc1)(OCC)OCC.CO[Si](CCCNc1ccc(N=Nc2n(C)cc[n+]2C)cc1)(OC)OC.N.O.[Cl-].[Cl-]. The Balaban J connectivity index is -0.000000999. The molecule has 4 rings (SSSR count). The van der Waals surface area contributed by atoms with Crippen LogP contribution in [0.1, 0.15) is 40.5 Å². The predicted octanol–water partition coefficient (Wildman–Crippen LogP) is 0.404. The summed E-state index contributed by atoms with van der Waals surface area (Å²) in [5, 5.41) is 31.6. The van der Waals surface area contributed by atoms with Crippen LogP contribution in [0.15, 0.2) is 93.8 Å². The number of azo groups is 2. The van der Waals surface area contributed by atoms with Crippen molar-refractivity contribution in [1.29, 1.82) is 0 Å². The minimum atomic E-state index is -2.56. The molecular weight excluding hydrogens is 878 g/mol. The lowest BCUT2D eigenvalue weighted by Gasteiger charge is -2.28. The molecule has 2 aromatic heterocycles. The van der Waals surface area contributed by atoms with Crippen LogP contribution in [0.3, 0.4) is 0 Å². The summed E-state index contributed by atoms with van der Waals surface area (Å²) in [5.74, 6) is 1.58. The third-order valence-electron chi connectivity index (χ3n) is 8.54. The second-order valence-electron chi connectivity index (χ2n) is 12.8. The first-order valence-corrected chi connectivity index (χ1v) is 23.6. The van der Waals surface area contributed by atoms with Crippen LogP contribution < -0.4 is 50.7 Å². The third-order valence-corrected chi connectivity index (χ3v) is 14.5. The molecule has 0 aliphatic carbocycles. The number of hydrogen-bond acceptors (Lipinski definition) is 14. The number of halogens is 2. The molecule has 2 aromatic carbocycles. The van der Waals surface area contributed by atoms with Crippen molar-refractivity contribution in [1.82, 2.24) is 15.3 Å². The molecule has 0 bridgehead atoms. The van der Waals surface area contributed by atoms with Gasteiger partial charge < -0.3 is 78.7 Å². The Kier molecular flexibility index (Phi) is 35.1. The van der Waals surface area contributed by atoms with Gasteiger partial charge in [-0.25, -0.2) is 18.3 Å². The van der Waals surface area contributed by atoms with Crippen LogP contribution in [0.5, 0.6) is 0 Å². The Morgan fingerprint density at radius 1 is 0.597 bits per heavy atom. The summed E-state index contributed by atoms with van der Waals surface area (Å²) < 4.78 is 41.6. The van der Waals surface area contributed by atoms with E-state index in [1.54, 1.807) is 28.3 Å². The molecule has 0 spiro atoms. The fraction of sp³-hybridized carbons (Fsp3) is 0.538. The van der Waals surface area contributed by atoms with Crippen molar-refractivity contribution in [3.63, 3.8) is 0 Å². The monoisotopic (exact) mass is 949 g/mol. The van der Waals surface area contributed by atoms with Gasteiger partial charge in [0.1, 0.15) is 11.4 Å². The zero-order chi connectivity index (χ0) is 42.8. The normalized spacial score (nSPS) is 11.0. The number of aryl methyl sites for hydroxylation is 4. The molecule has 354 valence electrons. The predicted molar refractivity (Wildman–Crippen MR) is 239 cm³/mol. The molecule has 0 saturated carbocycles. The molecule has 23 heteroatoms. The largest absolute Gasteiger partial charge is 1.00 e. The molecule has 0 unspecified atom stereocenters. The molecule has 0 aliphatic heterocycles. The van der Waals surface area contributed by atoms with Crippen molar-refractivity contribution < 1.29 is 71.1 Å². The first kappa shape index (κ1) is 62.6. The molecule has 0 atom stereocenters. The molecule has 4 aromatic rings. The van der Waals surface area contributed by atoms with Crippen molar-refractivity contribution in [2.24, 2.45) is 48.6 Å². The van der Waals surface area contributed by atoms with Crippen LogP contribution in [0.4, 0.5) is 34.6 Å². The third kappa shape index (κ3) is 21.6. The van der Waals surface area contributed by atoms with Crippen LogP contribution in [0.2, 0.25) is 12.1 Å². The van der Waals surface area contributed by atoms with Crippen LogP contribution in [-0.4, -0.2) is 98.2 Å². The van der Waals surface area contributed by atoms with Gasteiger partial charge >= 0.3 is 29.5 Å². The summed E-state index contributed by atoms with van der Waals surface area (Å²) >= 11 is 0. The minimum Gasteiger partial charge on any atom is -1.00 e. The zero-order valence-electron chi connectivity index (χ0n) is 38.4. The molecule has 8 N–H and O–H groups in total. The highest BCUT2D eigenvalue weighted by molar-refractivity contribution is 6.61. The highest BCUT2D eigenvalue weighted by atomic mass is 35.5. The van der Waals surface area contributed by atoms with E-state index < -0.39 is 17.6 Å². The standard InChI is InChI=1S/C20H33N5O3Si.C17H27N5O3Si.C2H6O.2ClH.H3N.H2O/c1-6-26-29(27-7-2,28-8-3)17-9-14-21-18-10-12-19(13-11-18)22-23-20-24(4)15-16-25(20)5;1-21-12-13-22(2)17(21)20-19-16-9-7-15(8-10-16)18-11-6-14-26(23-3,24-4)25-5;1-2-3;;;;/h10-13,15-16H,6-9,14,17H2,1-5H3;7-10,12-13H,6,11,14H2,1-5H3;3H,2H2,1H3;2*1H;1H3;1H2. The maximum atomic E-state index is 7.57. The molecule has 0 amide bonds. The lowest BCUT2D eigenvalue weighted by molar-refractivity contribution is -0.657. The van der Waals surface area contributed by atoms with E-state index >= 15 is 0 Å². The number of imidazole rings is 2. The number of benzene rings is 2. The second-order valence-corrected chi connectivity index (χ2v) is 18.6. The maximum Gasteiger partial charge on any atom is 0.500 e. The molecule has 2 heterocycles. The van der Waals surface area contributed by atoms with E-state index in [9.17, 15) is 0 Å². The first-order chi connectivity index (χ1) is 28.0. The van der Waals surface area contributed by atoms with Crippen LogP contribution in [0.25, 0.3) is 0 Å².